The Morgan fingerprint density at radius 3 is 2.66 bits per heavy atom. The Morgan fingerprint density at radius 2 is 2.00 bits per heavy atom. The van der Waals surface area contributed by atoms with Crippen LogP contribution in [0.3, 0.4) is 0 Å². The van der Waals surface area contributed by atoms with Crippen LogP contribution in [0, 0.1) is 0 Å². The van der Waals surface area contributed by atoms with Crippen LogP contribution in [0.15, 0.2) is 83.9 Å². The Balaban J connectivity index is 1.63. The van der Waals surface area contributed by atoms with Gasteiger partial charge in [0.1, 0.15) is 11.8 Å². The molecule has 0 spiro atoms. The van der Waals surface area contributed by atoms with Crippen LogP contribution in [-0.2, 0) is 4.79 Å². The number of para-hydroxylation sites is 1. The number of thiophene rings is 1. The number of hydrogen-bond donors (Lipinski definition) is 1. The zero-order valence-corrected chi connectivity index (χ0v) is 22.3. The highest BCUT2D eigenvalue weighted by Crippen LogP contribution is 2.33. The Morgan fingerprint density at radius 1 is 1.23 bits per heavy atom. The monoisotopic (exact) mass is 568 g/mol. The minimum Gasteiger partial charge on any atom is -0.440 e. The molecule has 4 aromatic rings. The molecule has 178 valence electrons. The van der Waals surface area contributed by atoms with Crippen molar-refractivity contribution in [3.05, 3.63) is 100.0 Å². The van der Waals surface area contributed by atoms with E-state index in [2.05, 4.69) is 26.2 Å². The van der Waals surface area contributed by atoms with E-state index in [4.69, 9.17) is 4.42 Å². The van der Waals surface area contributed by atoms with Gasteiger partial charge in [0.15, 0.2) is 4.80 Å². The van der Waals surface area contributed by atoms with Gasteiger partial charge in [-0.25, -0.2) is 4.99 Å². The summed E-state index contributed by atoms with van der Waals surface area (Å²) in [5, 5.41) is 4.89. The van der Waals surface area contributed by atoms with Crippen molar-refractivity contribution in [1.82, 2.24) is 4.57 Å². The van der Waals surface area contributed by atoms with E-state index in [0.717, 1.165) is 9.35 Å². The molecular formula is C25H21BrN4O3S2. The van der Waals surface area contributed by atoms with E-state index < -0.39 is 6.04 Å². The number of rotatable bonds is 5. The molecule has 1 aromatic carbocycles. The number of carbonyl (C=O) groups excluding carboxylic acids is 1. The van der Waals surface area contributed by atoms with Crippen LogP contribution in [0.25, 0.3) is 6.08 Å². The zero-order chi connectivity index (χ0) is 24.7. The minimum atomic E-state index is -0.571. The number of hydrogen-bond acceptors (Lipinski definition) is 7. The molecule has 1 aliphatic rings. The maximum absolute atomic E-state index is 13.7. The third-order valence-corrected chi connectivity index (χ3v) is 7.95. The molecule has 1 aliphatic heterocycles. The summed E-state index contributed by atoms with van der Waals surface area (Å²) in [5.41, 5.74) is 1.50. The van der Waals surface area contributed by atoms with E-state index in [-0.39, 0.29) is 11.5 Å². The van der Waals surface area contributed by atoms with Gasteiger partial charge in [0.05, 0.1) is 20.3 Å². The number of nitrogens with zero attached hydrogens (tertiary/aromatic N) is 3. The molecule has 0 bridgehead atoms. The van der Waals surface area contributed by atoms with E-state index in [0.29, 0.717) is 37.9 Å². The summed E-state index contributed by atoms with van der Waals surface area (Å²) in [7, 11) is 3.76. The second-order valence-electron chi connectivity index (χ2n) is 8.11. The number of nitrogens with one attached hydrogen (secondary N) is 1. The molecule has 4 heterocycles. The molecule has 1 N–H and O–H groups in total. The van der Waals surface area contributed by atoms with Gasteiger partial charge in [0.25, 0.3) is 11.5 Å². The second-order valence-corrected chi connectivity index (χ2v) is 11.0. The van der Waals surface area contributed by atoms with E-state index in [1.54, 1.807) is 10.6 Å². The van der Waals surface area contributed by atoms with Crippen LogP contribution < -0.4 is 25.1 Å². The lowest BCUT2D eigenvalue weighted by atomic mass is 10.0. The van der Waals surface area contributed by atoms with Crippen LogP contribution in [0.4, 0.5) is 11.6 Å². The van der Waals surface area contributed by atoms with Crippen molar-refractivity contribution in [2.24, 2.45) is 4.99 Å². The van der Waals surface area contributed by atoms with Crippen molar-refractivity contribution in [2.75, 3.05) is 24.3 Å². The predicted octanol–water partition coefficient (Wildman–Crippen LogP) is 4.36. The number of benzene rings is 1. The molecule has 0 fully saturated rings. The van der Waals surface area contributed by atoms with Gasteiger partial charge in [-0.15, -0.1) is 11.3 Å². The van der Waals surface area contributed by atoms with Crippen molar-refractivity contribution >= 4 is 62.2 Å². The molecule has 5 rings (SSSR count). The lowest BCUT2D eigenvalue weighted by Crippen LogP contribution is -2.40. The fourth-order valence-electron chi connectivity index (χ4n) is 3.93. The number of carbonyl (C=O) groups is 1. The SMILES string of the molecule is CC1=C(C(=O)Nc2ccccc2)[C@H](c2cccs2)n2c(s/c(=C/c3cc(Br)c(N(C)C)o3)c2=O)=N1. The summed E-state index contributed by atoms with van der Waals surface area (Å²) in [5.74, 6) is 0.934. The molecule has 0 aliphatic carbocycles. The Bertz CT molecular complexity index is 1610. The van der Waals surface area contributed by atoms with Gasteiger partial charge in [-0.2, -0.15) is 0 Å². The molecule has 10 heteroatoms. The highest BCUT2D eigenvalue weighted by molar-refractivity contribution is 9.10. The van der Waals surface area contributed by atoms with Crippen LogP contribution in [0.5, 0.6) is 0 Å². The van der Waals surface area contributed by atoms with Gasteiger partial charge in [-0.3, -0.25) is 14.2 Å². The van der Waals surface area contributed by atoms with E-state index in [1.165, 1.54) is 22.7 Å². The standard InChI is InChI=1S/C25H21BrN4O3S2/c1-14-20(22(31)28-15-8-5-4-6-9-15)21(18-10-7-11-34-18)30-23(32)19(35-25(30)27-14)13-16-12-17(26)24(33-16)29(2)3/h4-13,21H,1-3H3,(H,28,31)/b19-13+/t21-/m0/s1. The number of furan rings is 1. The van der Waals surface area contributed by atoms with Crippen molar-refractivity contribution in [3.63, 3.8) is 0 Å². The molecule has 0 unspecified atom stereocenters. The van der Waals surface area contributed by atoms with Crippen LogP contribution in [0.2, 0.25) is 0 Å². The van der Waals surface area contributed by atoms with E-state index in [9.17, 15) is 9.59 Å². The molecule has 0 saturated heterocycles. The smallest absolute Gasteiger partial charge is 0.271 e. The summed E-state index contributed by atoms with van der Waals surface area (Å²) in [4.78, 5) is 35.0. The molecule has 0 saturated carbocycles. The summed E-state index contributed by atoms with van der Waals surface area (Å²) in [6.45, 7) is 1.81. The summed E-state index contributed by atoms with van der Waals surface area (Å²) in [6, 6.07) is 14.4. The Labute approximate surface area is 217 Å². The third kappa shape index (κ3) is 4.44. The highest BCUT2D eigenvalue weighted by Gasteiger charge is 2.33. The lowest BCUT2D eigenvalue weighted by molar-refractivity contribution is -0.113. The Kier molecular flexibility index (Phi) is 6.35. The molecular weight excluding hydrogens is 548 g/mol. The number of fused-ring (bicyclic) bond motifs is 1. The zero-order valence-electron chi connectivity index (χ0n) is 19.1. The largest absolute Gasteiger partial charge is 0.440 e. The normalized spacial score (nSPS) is 15.7. The molecule has 3 aromatic heterocycles. The van der Waals surface area contributed by atoms with Gasteiger partial charge in [-0.05, 0) is 46.4 Å². The van der Waals surface area contributed by atoms with Gasteiger partial charge < -0.3 is 14.6 Å². The summed E-state index contributed by atoms with van der Waals surface area (Å²) in [6.07, 6.45) is 1.72. The molecule has 35 heavy (non-hydrogen) atoms. The number of amides is 1. The van der Waals surface area contributed by atoms with Gasteiger partial charge in [-0.1, -0.05) is 35.6 Å². The summed E-state index contributed by atoms with van der Waals surface area (Å²) < 4.78 is 8.78. The number of thiazole rings is 1. The van der Waals surface area contributed by atoms with Gasteiger partial charge in [0.2, 0.25) is 5.88 Å². The number of allylic oxidation sites excluding steroid dienone is 1. The topological polar surface area (TPSA) is 79.8 Å². The van der Waals surface area contributed by atoms with E-state index >= 15 is 0 Å². The number of aromatic nitrogens is 1. The molecule has 7 nitrogen and oxygen atoms in total. The Hall–Kier alpha value is -3.21. The fraction of sp³-hybridized carbons (Fsp3) is 0.160. The summed E-state index contributed by atoms with van der Waals surface area (Å²) >= 11 is 6.28. The minimum absolute atomic E-state index is 0.219. The first-order valence-electron chi connectivity index (χ1n) is 10.7. The van der Waals surface area contributed by atoms with Gasteiger partial charge in [0, 0.05) is 36.8 Å². The molecule has 0 radical (unpaired) electrons. The van der Waals surface area contributed by atoms with Crippen LogP contribution in [0.1, 0.15) is 23.6 Å². The van der Waals surface area contributed by atoms with Crippen LogP contribution >= 0.6 is 38.6 Å². The number of anilines is 2. The average molecular weight is 570 g/mol. The molecule has 1 amide bonds. The predicted molar refractivity (Wildman–Crippen MR) is 144 cm³/mol. The quantitative estimate of drug-likeness (QED) is 0.388. The van der Waals surface area contributed by atoms with Crippen LogP contribution in [-0.4, -0.2) is 24.6 Å². The first kappa shape index (κ1) is 23.5. The second kappa shape index (κ2) is 9.44. The van der Waals surface area contributed by atoms with E-state index in [1.807, 2.05) is 79.8 Å². The fourth-order valence-corrected chi connectivity index (χ4v) is 6.44. The average Bonchev–Trinajstić information content (AvgIpc) is 3.54. The molecule has 1 atom stereocenters. The highest BCUT2D eigenvalue weighted by atomic mass is 79.9. The van der Waals surface area contributed by atoms with Crippen molar-refractivity contribution < 1.29 is 9.21 Å². The maximum Gasteiger partial charge on any atom is 0.271 e. The van der Waals surface area contributed by atoms with Crippen molar-refractivity contribution in [3.8, 4) is 0 Å². The van der Waals surface area contributed by atoms with Gasteiger partial charge >= 0.3 is 0 Å². The number of halogens is 1. The first-order chi connectivity index (χ1) is 16.8. The third-order valence-electron chi connectivity index (χ3n) is 5.48. The first-order valence-corrected chi connectivity index (χ1v) is 13.2. The van der Waals surface area contributed by atoms with Crippen molar-refractivity contribution in [2.45, 2.75) is 13.0 Å². The maximum atomic E-state index is 13.7. The lowest BCUT2D eigenvalue weighted by Gasteiger charge is -2.24. The van der Waals surface area contributed by atoms with Crippen molar-refractivity contribution in [1.29, 1.82) is 0 Å².